The van der Waals surface area contributed by atoms with Crippen molar-refractivity contribution in [3.8, 4) is 0 Å². The van der Waals surface area contributed by atoms with Crippen LogP contribution in [0.25, 0.3) is 0 Å². The lowest BCUT2D eigenvalue weighted by atomic mass is 9.84. The molecule has 0 heterocycles. The molecule has 0 aromatic carbocycles. The van der Waals surface area contributed by atoms with E-state index in [-0.39, 0.29) is 0 Å². The number of methoxy groups -OCH3 is 1. The molecule has 1 aliphatic rings. The van der Waals surface area contributed by atoms with Crippen molar-refractivity contribution in [3.63, 3.8) is 0 Å². The zero-order chi connectivity index (χ0) is 10.4. The van der Waals surface area contributed by atoms with Crippen molar-refractivity contribution in [1.29, 1.82) is 0 Å². The zero-order valence-corrected chi connectivity index (χ0v) is 9.88. The molecule has 0 radical (unpaired) electrons. The van der Waals surface area contributed by atoms with Gasteiger partial charge < -0.3 is 10.1 Å². The van der Waals surface area contributed by atoms with Gasteiger partial charge in [0.15, 0.2) is 0 Å². The molecule has 2 nitrogen and oxygen atoms in total. The molecule has 14 heavy (non-hydrogen) atoms. The Hall–Kier alpha value is -0.0800. The van der Waals surface area contributed by atoms with Gasteiger partial charge in [0.05, 0.1) is 6.61 Å². The van der Waals surface area contributed by atoms with E-state index in [1.54, 1.807) is 7.11 Å². The van der Waals surface area contributed by atoms with Gasteiger partial charge in [-0.2, -0.15) is 0 Å². The van der Waals surface area contributed by atoms with E-state index < -0.39 is 0 Å². The van der Waals surface area contributed by atoms with E-state index >= 15 is 0 Å². The highest BCUT2D eigenvalue weighted by atomic mass is 16.5. The second kappa shape index (κ2) is 6.41. The Labute approximate surface area is 88.4 Å². The summed E-state index contributed by atoms with van der Waals surface area (Å²) in [6.07, 6.45) is 7.01. The van der Waals surface area contributed by atoms with Crippen LogP contribution in [0.3, 0.4) is 0 Å². The molecule has 2 heteroatoms. The first-order valence-electron chi connectivity index (χ1n) is 5.99. The third-order valence-electron chi connectivity index (χ3n) is 3.11. The minimum atomic E-state index is 0.567. The molecule has 1 aliphatic carbocycles. The van der Waals surface area contributed by atoms with Crippen molar-refractivity contribution in [2.45, 2.75) is 58.0 Å². The van der Waals surface area contributed by atoms with Crippen molar-refractivity contribution in [2.24, 2.45) is 5.92 Å². The van der Waals surface area contributed by atoms with E-state index in [4.69, 9.17) is 4.74 Å². The number of hydrogen-bond donors (Lipinski definition) is 1. The average Bonchev–Trinajstić information content (AvgIpc) is 2.18. The van der Waals surface area contributed by atoms with Crippen LogP contribution in [0.2, 0.25) is 0 Å². The van der Waals surface area contributed by atoms with E-state index in [0.717, 1.165) is 12.5 Å². The van der Waals surface area contributed by atoms with Crippen LogP contribution in [0.4, 0.5) is 0 Å². The largest absolute Gasteiger partial charge is 0.383 e. The fraction of sp³-hybridized carbons (Fsp3) is 1.00. The van der Waals surface area contributed by atoms with Gasteiger partial charge in [-0.25, -0.2) is 0 Å². The van der Waals surface area contributed by atoms with Crippen molar-refractivity contribution < 1.29 is 4.74 Å². The van der Waals surface area contributed by atoms with Gasteiger partial charge in [-0.05, 0) is 18.8 Å². The smallest absolute Gasteiger partial charge is 0.0618 e. The molecular weight excluding hydrogens is 174 g/mol. The summed E-state index contributed by atoms with van der Waals surface area (Å²) in [7, 11) is 1.80. The first-order valence-corrected chi connectivity index (χ1v) is 5.99. The highest BCUT2D eigenvalue weighted by molar-refractivity contribution is 4.80. The number of nitrogens with one attached hydrogen (secondary N) is 1. The lowest BCUT2D eigenvalue weighted by Gasteiger charge is -2.32. The van der Waals surface area contributed by atoms with Crippen LogP contribution in [0, 0.1) is 5.92 Å². The quantitative estimate of drug-likeness (QED) is 0.735. The molecule has 1 unspecified atom stereocenters. The van der Waals surface area contributed by atoms with E-state index in [9.17, 15) is 0 Å². The van der Waals surface area contributed by atoms with Gasteiger partial charge in [0.2, 0.25) is 0 Å². The Morgan fingerprint density at radius 2 is 1.86 bits per heavy atom. The SMILES string of the molecule is COCC(NC(C)C)C1CCCCC1. The molecule has 1 fully saturated rings. The zero-order valence-electron chi connectivity index (χ0n) is 9.88. The number of hydrogen-bond acceptors (Lipinski definition) is 2. The summed E-state index contributed by atoms with van der Waals surface area (Å²) in [4.78, 5) is 0. The van der Waals surface area contributed by atoms with Crippen LogP contribution < -0.4 is 5.32 Å². The molecule has 0 bridgehead atoms. The Balaban J connectivity index is 2.38. The Kier molecular flexibility index (Phi) is 5.49. The van der Waals surface area contributed by atoms with Gasteiger partial charge in [0, 0.05) is 19.2 Å². The number of ether oxygens (including phenoxy) is 1. The molecule has 1 atom stereocenters. The third kappa shape index (κ3) is 3.97. The molecule has 0 aromatic heterocycles. The molecule has 84 valence electrons. The Morgan fingerprint density at radius 1 is 1.21 bits per heavy atom. The lowest BCUT2D eigenvalue weighted by molar-refractivity contribution is 0.120. The van der Waals surface area contributed by atoms with Crippen LogP contribution in [-0.4, -0.2) is 25.8 Å². The first-order chi connectivity index (χ1) is 6.74. The topological polar surface area (TPSA) is 21.3 Å². The second-order valence-corrected chi connectivity index (χ2v) is 4.78. The first kappa shape index (κ1) is 12.0. The van der Waals surface area contributed by atoms with E-state index in [1.165, 1.54) is 32.1 Å². The van der Waals surface area contributed by atoms with Gasteiger partial charge >= 0.3 is 0 Å². The molecule has 1 saturated carbocycles. The molecule has 1 rings (SSSR count). The van der Waals surface area contributed by atoms with Crippen molar-refractivity contribution in [3.05, 3.63) is 0 Å². The molecule has 0 amide bonds. The Bertz CT molecular complexity index is 141. The highest BCUT2D eigenvalue weighted by Crippen LogP contribution is 2.26. The van der Waals surface area contributed by atoms with Crippen LogP contribution in [0.5, 0.6) is 0 Å². The summed E-state index contributed by atoms with van der Waals surface area (Å²) in [5.41, 5.74) is 0. The van der Waals surface area contributed by atoms with Gasteiger partial charge in [0.25, 0.3) is 0 Å². The van der Waals surface area contributed by atoms with Gasteiger partial charge in [-0.15, -0.1) is 0 Å². The normalized spacial score (nSPS) is 21.4. The van der Waals surface area contributed by atoms with Crippen LogP contribution in [0.15, 0.2) is 0 Å². The number of rotatable bonds is 5. The van der Waals surface area contributed by atoms with E-state index in [0.29, 0.717) is 12.1 Å². The predicted molar refractivity (Wildman–Crippen MR) is 60.5 cm³/mol. The van der Waals surface area contributed by atoms with E-state index in [2.05, 4.69) is 19.2 Å². The fourth-order valence-electron chi connectivity index (χ4n) is 2.46. The van der Waals surface area contributed by atoms with Crippen molar-refractivity contribution in [2.75, 3.05) is 13.7 Å². The second-order valence-electron chi connectivity index (χ2n) is 4.78. The highest BCUT2D eigenvalue weighted by Gasteiger charge is 2.23. The standard InChI is InChI=1S/C12H25NO/c1-10(2)13-12(9-14-3)11-7-5-4-6-8-11/h10-13H,4-9H2,1-3H3. The lowest BCUT2D eigenvalue weighted by Crippen LogP contribution is -2.44. The molecule has 0 aromatic rings. The van der Waals surface area contributed by atoms with Gasteiger partial charge in [0.1, 0.15) is 0 Å². The maximum atomic E-state index is 5.30. The van der Waals surface area contributed by atoms with Crippen molar-refractivity contribution >= 4 is 0 Å². The fourth-order valence-corrected chi connectivity index (χ4v) is 2.46. The average molecular weight is 199 g/mol. The molecule has 0 aliphatic heterocycles. The maximum absolute atomic E-state index is 5.30. The molecule has 1 N–H and O–H groups in total. The molecule has 0 spiro atoms. The summed E-state index contributed by atoms with van der Waals surface area (Å²) in [6, 6.07) is 1.14. The summed E-state index contributed by atoms with van der Waals surface area (Å²) in [5.74, 6) is 0.839. The van der Waals surface area contributed by atoms with Crippen LogP contribution in [0.1, 0.15) is 46.0 Å². The molecular formula is C12H25NO. The summed E-state index contributed by atoms with van der Waals surface area (Å²) >= 11 is 0. The van der Waals surface area contributed by atoms with Crippen LogP contribution in [-0.2, 0) is 4.74 Å². The van der Waals surface area contributed by atoms with Gasteiger partial charge in [-0.3, -0.25) is 0 Å². The molecule has 0 saturated heterocycles. The summed E-state index contributed by atoms with van der Waals surface area (Å²) < 4.78 is 5.30. The third-order valence-corrected chi connectivity index (χ3v) is 3.11. The van der Waals surface area contributed by atoms with Crippen LogP contribution >= 0.6 is 0 Å². The Morgan fingerprint density at radius 3 is 2.36 bits per heavy atom. The maximum Gasteiger partial charge on any atom is 0.0618 e. The summed E-state index contributed by atoms with van der Waals surface area (Å²) in [6.45, 7) is 5.29. The predicted octanol–water partition coefficient (Wildman–Crippen LogP) is 2.58. The van der Waals surface area contributed by atoms with Crippen molar-refractivity contribution in [1.82, 2.24) is 5.32 Å². The minimum absolute atomic E-state index is 0.567. The monoisotopic (exact) mass is 199 g/mol. The summed E-state index contributed by atoms with van der Waals surface area (Å²) in [5, 5.41) is 3.63. The van der Waals surface area contributed by atoms with E-state index in [1.807, 2.05) is 0 Å². The van der Waals surface area contributed by atoms with Gasteiger partial charge in [-0.1, -0.05) is 33.1 Å². The minimum Gasteiger partial charge on any atom is -0.383 e.